The maximum Gasteiger partial charge on any atom is 0.433 e. The number of carbonyl (C=O) groups is 1. The number of aromatic carboxylic acids is 1. The lowest BCUT2D eigenvalue weighted by atomic mass is 9.84. The van der Waals surface area contributed by atoms with Crippen LogP contribution in [0.15, 0.2) is 23.2 Å². The lowest BCUT2D eigenvalue weighted by Gasteiger charge is -2.47. The van der Waals surface area contributed by atoms with Crippen molar-refractivity contribution < 1.29 is 36.6 Å². The number of hydrogen-bond donors (Lipinski definition) is 2. The van der Waals surface area contributed by atoms with Crippen molar-refractivity contribution in [2.45, 2.75) is 63.4 Å². The van der Waals surface area contributed by atoms with Crippen molar-refractivity contribution in [1.29, 1.82) is 0 Å². The van der Waals surface area contributed by atoms with E-state index in [9.17, 15) is 36.6 Å². The van der Waals surface area contributed by atoms with Crippen molar-refractivity contribution in [3.05, 3.63) is 41.0 Å². The molecule has 2 aromatic heterocycles. The summed E-state index contributed by atoms with van der Waals surface area (Å²) < 4.78 is 68.3. The summed E-state index contributed by atoms with van der Waals surface area (Å²) in [4.78, 5) is 25.8. The highest BCUT2D eigenvalue weighted by atomic mass is 32.2. The number of halogens is 3. The van der Waals surface area contributed by atoms with Gasteiger partial charge in [0.25, 0.3) is 0 Å². The van der Waals surface area contributed by atoms with Gasteiger partial charge in [-0.25, -0.2) is 28.2 Å². The maximum absolute atomic E-state index is 14.0. The molecule has 0 unspecified atom stereocenters. The van der Waals surface area contributed by atoms with Gasteiger partial charge >= 0.3 is 12.1 Å². The average molecular weight is 556 g/mol. The number of fused-ring (bicyclic) bond motifs is 3. The molecule has 10 nitrogen and oxygen atoms in total. The van der Waals surface area contributed by atoms with Gasteiger partial charge in [-0.15, -0.1) is 0 Å². The smallest absolute Gasteiger partial charge is 0.433 e. The molecule has 3 heterocycles. The van der Waals surface area contributed by atoms with Crippen LogP contribution < -0.4 is 4.90 Å². The largest absolute Gasteiger partial charge is 0.478 e. The van der Waals surface area contributed by atoms with Crippen molar-refractivity contribution in [3.63, 3.8) is 0 Å². The summed E-state index contributed by atoms with van der Waals surface area (Å²) >= 11 is 0. The molecule has 1 aromatic carbocycles. The molecule has 1 aliphatic heterocycles. The molecule has 0 aliphatic carbocycles. The number of imidazole rings is 1. The highest BCUT2D eigenvalue weighted by molar-refractivity contribution is 7.90. The molecule has 0 bridgehead atoms. The van der Waals surface area contributed by atoms with Gasteiger partial charge in [0.1, 0.15) is 11.4 Å². The number of hydrogen-bond acceptors (Lipinski definition) is 8. The number of aromatic nitrogens is 4. The predicted octanol–water partition coefficient (Wildman–Crippen LogP) is 3.57. The van der Waals surface area contributed by atoms with Crippen molar-refractivity contribution in [1.82, 2.24) is 19.5 Å². The van der Waals surface area contributed by atoms with Gasteiger partial charge in [-0.1, -0.05) is 13.8 Å². The molecule has 1 atom stereocenters. The van der Waals surface area contributed by atoms with Gasteiger partial charge in [0.2, 0.25) is 5.95 Å². The Morgan fingerprint density at radius 3 is 2.29 bits per heavy atom. The molecule has 0 saturated heterocycles. The molecule has 0 radical (unpaired) electrons. The topological polar surface area (TPSA) is 139 Å². The first-order valence-electron chi connectivity index (χ1n) is 11.7. The highest BCUT2D eigenvalue weighted by Gasteiger charge is 2.47. The predicted molar refractivity (Wildman–Crippen MR) is 132 cm³/mol. The van der Waals surface area contributed by atoms with Gasteiger partial charge in [0.05, 0.1) is 27.1 Å². The van der Waals surface area contributed by atoms with Crippen LogP contribution in [-0.4, -0.2) is 56.9 Å². The second-order valence-electron chi connectivity index (χ2n) is 10.4. The molecule has 0 fully saturated rings. The number of alkyl halides is 3. The summed E-state index contributed by atoms with van der Waals surface area (Å²) in [5.74, 6) is -1.48. The van der Waals surface area contributed by atoms with E-state index in [4.69, 9.17) is 0 Å². The first kappa shape index (κ1) is 27.8. The van der Waals surface area contributed by atoms with E-state index in [1.165, 1.54) is 26.0 Å². The van der Waals surface area contributed by atoms with E-state index >= 15 is 0 Å². The zero-order valence-electron chi connectivity index (χ0n) is 21.6. The molecule has 0 amide bonds. The number of aliphatic hydroxyl groups is 1. The Bertz CT molecular complexity index is 1560. The fourth-order valence-electron chi connectivity index (χ4n) is 4.84. The Labute approximate surface area is 217 Å². The maximum atomic E-state index is 14.0. The second-order valence-corrected chi connectivity index (χ2v) is 12.4. The molecule has 206 valence electrons. The van der Waals surface area contributed by atoms with Crippen LogP contribution in [-0.2, 0) is 33.7 Å². The Balaban J connectivity index is 1.96. The summed E-state index contributed by atoms with van der Waals surface area (Å²) in [6.45, 7) is 8.26. The number of anilines is 1. The van der Waals surface area contributed by atoms with E-state index in [-0.39, 0.29) is 35.4 Å². The number of rotatable bonds is 5. The SMILES string of the molecule is CC(C)[C@]1(C)c2nc3cc(C(=O)O)c(S(C)(=O)=O)cc3n2CCN1c1ncc(C(C)(C)O)c(C(F)(F)F)n1. The summed E-state index contributed by atoms with van der Waals surface area (Å²) in [5.41, 5.74) is -4.38. The quantitative estimate of drug-likeness (QED) is 0.484. The third-order valence-corrected chi connectivity index (χ3v) is 8.25. The van der Waals surface area contributed by atoms with Gasteiger partial charge in [-0.2, -0.15) is 13.2 Å². The number of carboxylic acid groups (broad SMARTS) is 1. The second kappa shape index (κ2) is 8.63. The molecule has 0 spiro atoms. The first-order valence-corrected chi connectivity index (χ1v) is 13.6. The lowest BCUT2D eigenvalue weighted by Crippen LogP contribution is -2.55. The Hall–Kier alpha value is -3.26. The number of benzene rings is 1. The Morgan fingerprint density at radius 1 is 1.16 bits per heavy atom. The fraction of sp³-hybridized carbons (Fsp3) is 0.500. The number of carboxylic acids is 1. The minimum Gasteiger partial charge on any atom is -0.478 e. The van der Waals surface area contributed by atoms with E-state index in [1.54, 1.807) is 16.4 Å². The third kappa shape index (κ3) is 4.38. The minimum absolute atomic E-state index is 0.154. The summed E-state index contributed by atoms with van der Waals surface area (Å²) in [6, 6.07) is 2.47. The van der Waals surface area contributed by atoms with Crippen molar-refractivity contribution in [2.75, 3.05) is 17.7 Å². The van der Waals surface area contributed by atoms with E-state index < -0.39 is 49.9 Å². The van der Waals surface area contributed by atoms with Gasteiger partial charge in [0, 0.05) is 31.1 Å². The monoisotopic (exact) mass is 555 g/mol. The van der Waals surface area contributed by atoms with E-state index in [0.717, 1.165) is 12.5 Å². The fourth-order valence-corrected chi connectivity index (χ4v) is 5.71. The van der Waals surface area contributed by atoms with Crippen molar-refractivity contribution >= 4 is 32.8 Å². The third-order valence-electron chi connectivity index (χ3n) is 7.11. The molecule has 2 N–H and O–H groups in total. The average Bonchev–Trinajstić information content (AvgIpc) is 3.15. The van der Waals surface area contributed by atoms with Gasteiger partial charge in [0.15, 0.2) is 15.5 Å². The summed E-state index contributed by atoms with van der Waals surface area (Å²) in [6.07, 6.45) is -2.96. The molecular formula is C24H28F3N5O5S. The van der Waals surface area contributed by atoms with Crippen LogP contribution in [0.4, 0.5) is 19.1 Å². The van der Waals surface area contributed by atoms with Crippen molar-refractivity contribution in [2.24, 2.45) is 5.92 Å². The number of nitrogens with zero attached hydrogens (tertiary/aromatic N) is 5. The molecule has 38 heavy (non-hydrogen) atoms. The standard InChI is InChI=1S/C24H28F3N5O5S/c1-12(2)23(5)20-29-15-9-13(19(33)34)17(38(6,36)37)10-16(15)31(20)7-8-32(23)21-28-11-14(22(3,4)35)18(30-21)24(25,26)27/h9-12,35H,7-8H2,1-6H3,(H,33,34)/t23-/m1/s1. The van der Waals surface area contributed by atoms with Crippen LogP contribution in [0.2, 0.25) is 0 Å². The van der Waals surface area contributed by atoms with E-state index in [1.807, 2.05) is 13.8 Å². The Kier molecular flexibility index (Phi) is 6.31. The minimum atomic E-state index is -4.85. The first-order chi connectivity index (χ1) is 17.3. The van der Waals surface area contributed by atoms with Crippen LogP contribution >= 0.6 is 0 Å². The molecule has 1 aliphatic rings. The normalized spacial score (nSPS) is 18.8. The Morgan fingerprint density at radius 2 is 1.79 bits per heavy atom. The molecule has 0 saturated carbocycles. The zero-order chi connectivity index (χ0) is 28.6. The highest BCUT2D eigenvalue weighted by Crippen LogP contribution is 2.43. The van der Waals surface area contributed by atoms with E-state index in [0.29, 0.717) is 11.3 Å². The van der Waals surface area contributed by atoms with E-state index in [2.05, 4.69) is 15.0 Å². The summed E-state index contributed by atoms with van der Waals surface area (Å²) in [7, 11) is -3.89. The summed E-state index contributed by atoms with van der Waals surface area (Å²) in [5, 5.41) is 19.9. The molecule has 3 aromatic rings. The van der Waals surface area contributed by atoms with Crippen LogP contribution in [0, 0.1) is 5.92 Å². The van der Waals surface area contributed by atoms with Crippen molar-refractivity contribution in [3.8, 4) is 0 Å². The van der Waals surface area contributed by atoms with Gasteiger partial charge in [-0.05, 0) is 38.8 Å². The molecule has 14 heteroatoms. The van der Waals surface area contributed by atoms with Crippen LogP contribution in [0.1, 0.15) is 62.1 Å². The van der Waals surface area contributed by atoms with Crippen LogP contribution in [0.3, 0.4) is 0 Å². The molecule has 4 rings (SSSR count). The number of sulfone groups is 1. The van der Waals surface area contributed by atoms with Gasteiger partial charge < -0.3 is 19.7 Å². The lowest BCUT2D eigenvalue weighted by molar-refractivity contribution is -0.144. The van der Waals surface area contributed by atoms with Crippen LogP contribution in [0.5, 0.6) is 0 Å². The van der Waals surface area contributed by atoms with Crippen LogP contribution in [0.25, 0.3) is 11.0 Å². The van der Waals surface area contributed by atoms with Gasteiger partial charge in [-0.3, -0.25) is 0 Å². The zero-order valence-corrected chi connectivity index (χ0v) is 22.4. The molecular weight excluding hydrogens is 527 g/mol.